The van der Waals surface area contributed by atoms with Crippen LogP contribution in [-0.2, 0) is 14.6 Å². The monoisotopic (exact) mass is 301 g/mol. The molecule has 0 bridgehead atoms. The largest absolute Gasteiger partial charge is 0.356 e. The first-order valence-corrected chi connectivity index (χ1v) is 9.17. The van der Waals surface area contributed by atoms with Crippen molar-refractivity contribution in [3.05, 3.63) is 17.5 Å². The molecule has 0 atom stereocenters. The van der Waals surface area contributed by atoms with Crippen molar-refractivity contribution < 1.29 is 13.2 Å². The fourth-order valence-electron chi connectivity index (χ4n) is 2.35. The van der Waals surface area contributed by atoms with Crippen LogP contribution in [0.2, 0.25) is 0 Å². The van der Waals surface area contributed by atoms with E-state index in [1.807, 2.05) is 0 Å². The van der Waals surface area contributed by atoms with Gasteiger partial charge in [-0.3, -0.25) is 4.79 Å². The summed E-state index contributed by atoms with van der Waals surface area (Å²) < 4.78 is 24.2. The first-order chi connectivity index (χ1) is 9.09. The Morgan fingerprint density at radius 2 is 2.11 bits per heavy atom. The van der Waals surface area contributed by atoms with Crippen molar-refractivity contribution in [2.75, 3.05) is 12.3 Å². The van der Waals surface area contributed by atoms with Gasteiger partial charge in [0, 0.05) is 12.5 Å². The van der Waals surface area contributed by atoms with E-state index < -0.39 is 9.84 Å². The summed E-state index contributed by atoms with van der Waals surface area (Å²) in [7, 11) is -3.17. The fraction of sp³-hybridized carbons (Fsp3) is 0.615. The van der Waals surface area contributed by atoms with Gasteiger partial charge in [0.2, 0.25) is 5.91 Å². The van der Waals surface area contributed by atoms with Crippen molar-refractivity contribution in [3.63, 3.8) is 0 Å². The van der Waals surface area contributed by atoms with Crippen molar-refractivity contribution in [2.45, 2.75) is 36.3 Å². The van der Waals surface area contributed by atoms with Crippen LogP contribution >= 0.6 is 11.3 Å². The summed E-state index contributed by atoms with van der Waals surface area (Å²) in [6, 6.07) is 3.36. The lowest BCUT2D eigenvalue weighted by molar-refractivity contribution is -0.124. The Hall–Kier alpha value is -0.880. The molecule has 4 nitrogen and oxygen atoms in total. The van der Waals surface area contributed by atoms with Crippen molar-refractivity contribution in [1.82, 2.24) is 5.32 Å². The van der Waals surface area contributed by atoms with Gasteiger partial charge >= 0.3 is 0 Å². The maximum atomic E-state index is 11.9. The van der Waals surface area contributed by atoms with E-state index in [0.29, 0.717) is 17.2 Å². The zero-order chi connectivity index (χ0) is 13.7. The van der Waals surface area contributed by atoms with Crippen molar-refractivity contribution in [3.8, 4) is 0 Å². The van der Waals surface area contributed by atoms with E-state index in [1.165, 1.54) is 11.3 Å². The Balaban J connectivity index is 1.70. The highest BCUT2D eigenvalue weighted by atomic mass is 32.2. The van der Waals surface area contributed by atoms with E-state index in [-0.39, 0.29) is 17.6 Å². The summed E-state index contributed by atoms with van der Waals surface area (Å²) in [5.41, 5.74) is 0. The normalized spacial score (nSPS) is 16.6. The molecule has 1 N–H and O–H groups in total. The number of hydrogen-bond donors (Lipinski definition) is 1. The second-order valence-electron chi connectivity index (χ2n) is 4.88. The number of hydrogen-bond acceptors (Lipinski definition) is 4. The molecule has 0 radical (unpaired) electrons. The summed E-state index contributed by atoms with van der Waals surface area (Å²) in [6.45, 7) is 0.444. The highest BCUT2D eigenvalue weighted by Gasteiger charge is 2.22. The molecule has 0 spiro atoms. The van der Waals surface area contributed by atoms with Crippen LogP contribution in [0.4, 0.5) is 0 Å². The van der Waals surface area contributed by atoms with Gasteiger partial charge in [-0.25, -0.2) is 8.42 Å². The molecule has 1 aliphatic carbocycles. The van der Waals surface area contributed by atoms with Crippen LogP contribution < -0.4 is 5.32 Å². The second-order valence-corrected chi connectivity index (χ2v) is 8.16. The van der Waals surface area contributed by atoms with Crippen LogP contribution in [0.25, 0.3) is 0 Å². The molecule has 6 heteroatoms. The third kappa shape index (κ3) is 4.04. The summed E-state index contributed by atoms with van der Waals surface area (Å²) >= 11 is 1.24. The van der Waals surface area contributed by atoms with Gasteiger partial charge in [-0.15, -0.1) is 11.3 Å². The molecule has 1 aromatic rings. The van der Waals surface area contributed by atoms with Gasteiger partial charge in [-0.05, 0) is 30.7 Å². The van der Waals surface area contributed by atoms with Crippen LogP contribution in [0.15, 0.2) is 21.7 Å². The SMILES string of the molecule is O=C(NCCCS(=O)(=O)c1cccs1)C1CCCC1. The second kappa shape index (κ2) is 6.52. The van der Waals surface area contributed by atoms with Gasteiger partial charge < -0.3 is 5.32 Å². The Bertz CT molecular complexity index is 502. The van der Waals surface area contributed by atoms with Gasteiger partial charge in [-0.1, -0.05) is 18.9 Å². The quantitative estimate of drug-likeness (QED) is 0.819. The Kier molecular flexibility index (Phi) is 4.99. The standard InChI is InChI=1S/C13H19NO3S2/c15-13(11-5-1-2-6-11)14-8-4-10-19(16,17)12-7-3-9-18-12/h3,7,9,11H,1-2,4-6,8,10H2,(H,14,15). The Morgan fingerprint density at radius 1 is 1.37 bits per heavy atom. The molecule has 106 valence electrons. The highest BCUT2D eigenvalue weighted by Crippen LogP contribution is 2.24. The predicted octanol–water partition coefficient (Wildman–Crippen LogP) is 2.22. The van der Waals surface area contributed by atoms with Crippen molar-refractivity contribution >= 4 is 27.1 Å². The smallest absolute Gasteiger partial charge is 0.223 e. The van der Waals surface area contributed by atoms with E-state index in [9.17, 15) is 13.2 Å². The van der Waals surface area contributed by atoms with Gasteiger partial charge in [0.1, 0.15) is 4.21 Å². The van der Waals surface area contributed by atoms with Crippen molar-refractivity contribution in [2.24, 2.45) is 5.92 Å². The molecule has 1 amide bonds. The fourth-order valence-corrected chi connectivity index (χ4v) is 4.81. The maximum absolute atomic E-state index is 11.9. The van der Waals surface area contributed by atoms with Gasteiger partial charge in [-0.2, -0.15) is 0 Å². The Morgan fingerprint density at radius 3 is 2.74 bits per heavy atom. The van der Waals surface area contributed by atoms with E-state index in [4.69, 9.17) is 0 Å². The van der Waals surface area contributed by atoms with E-state index >= 15 is 0 Å². The van der Waals surface area contributed by atoms with Crippen LogP contribution in [-0.4, -0.2) is 26.6 Å². The van der Waals surface area contributed by atoms with E-state index in [1.54, 1.807) is 17.5 Å². The zero-order valence-electron chi connectivity index (χ0n) is 10.8. The minimum absolute atomic E-state index is 0.0889. The topological polar surface area (TPSA) is 63.2 Å². The molecule has 0 aliphatic heterocycles. The maximum Gasteiger partial charge on any atom is 0.223 e. The average molecular weight is 301 g/mol. The lowest BCUT2D eigenvalue weighted by Gasteiger charge is -2.10. The molecule has 2 rings (SSSR count). The number of thiophene rings is 1. The average Bonchev–Trinajstić information content (AvgIpc) is 3.04. The minimum atomic E-state index is -3.17. The molecule has 1 heterocycles. The molecular weight excluding hydrogens is 282 g/mol. The van der Waals surface area contributed by atoms with E-state index in [0.717, 1.165) is 25.7 Å². The molecule has 0 aromatic carbocycles. The molecule has 0 saturated heterocycles. The summed E-state index contributed by atoms with van der Waals surface area (Å²) in [5, 5.41) is 4.60. The number of amides is 1. The Labute approximate surface area is 118 Å². The summed E-state index contributed by atoms with van der Waals surface area (Å²) in [5.74, 6) is 0.332. The third-order valence-electron chi connectivity index (χ3n) is 3.42. The number of carbonyl (C=O) groups excluding carboxylic acids is 1. The van der Waals surface area contributed by atoms with Gasteiger partial charge in [0.05, 0.1) is 5.75 Å². The van der Waals surface area contributed by atoms with Gasteiger partial charge in [0.25, 0.3) is 0 Å². The van der Waals surface area contributed by atoms with Crippen LogP contribution in [0, 0.1) is 5.92 Å². The number of nitrogens with one attached hydrogen (secondary N) is 1. The molecule has 1 fully saturated rings. The van der Waals surface area contributed by atoms with Crippen LogP contribution in [0.1, 0.15) is 32.1 Å². The molecular formula is C13H19NO3S2. The van der Waals surface area contributed by atoms with Gasteiger partial charge in [0.15, 0.2) is 9.84 Å². The van der Waals surface area contributed by atoms with Crippen molar-refractivity contribution in [1.29, 1.82) is 0 Å². The first kappa shape index (κ1) is 14.5. The molecule has 1 aliphatic rings. The molecule has 19 heavy (non-hydrogen) atoms. The first-order valence-electron chi connectivity index (χ1n) is 6.63. The molecule has 1 saturated carbocycles. The number of rotatable bonds is 6. The summed E-state index contributed by atoms with van der Waals surface area (Å²) in [4.78, 5) is 11.7. The van der Waals surface area contributed by atoms with Crippen LogP contribution in [0.3, 0.4) is 0 Å². The van der Waals surface area contributed by atoms with E-state index in [2.05, 4.69) is 5.32 Å². The summed E-state index contributed by atoms with van der Waals surface area (Å²) in [6.07, 6.45) is 4.67. The number of carbonyl (C=O) groups is 1. The predicted molar refractivity (Wildman–Crippen MR) is 76.0 cm³/mol. The molecule has 0 unspecified atom stereocenters. The highest BCUT2D eigenvalue weighted by molar-refractivity contribution is 7.93. The lowest BCUT2D eigenvalue weighted by Crippen LogP contribution is -2.30. The third-order valence-corrected chi connectivity index (χ3v) is 6.70. The number of sulfone groups is 1. The minimum Gasteiger partial charge on any atom is -0.356 e. The zero-order valence-corrected chi connectivity index (χ0v) is 12.4. The van der Waals surface area contributed by atoms with Crippen LogP contribution in [0.5, 0.6) is 0 Å². The molecule has 1 aromatic heterocycles. The lowest BCUT2D eigenvalue weighted by atomic mass is 10.1.